The van der Waals surface area contributed by atoms with Crippen LogP contribution in [-0.4, -0.2) is 17.9 Å². The molecule has 0 atom stereocenters. The number of rotatable bonds is 4. The Bertz CT molecular complexity index is 345. The van der Waals surface area contributed by atoms with Gasteiger partial charge in [-0.3, -0.25) is 9.78 Å². The standard InChI is InChI=1S/C11H13NO2/c1-14-10-5-9(6-12-7-10)11(13)4-8-2-3-8/h5-8H,2-4H2,1H3. The summed E-state index contributed by atoms with van der Waals surface area (Å²) >= 11 is 0. The minimum Gasteiger partial charge on any atom is -0.495 e. The average molecular weight is 191 g/mol. The first-order valence-electron chi connectivity index (χ1n) is 4.82. The van der Waals surface area contributed by atoms with Gasteiger partial charge in [-0.1, -0.05) is 0 Å². The number of ether oxygens (including phenoxy) is 1. The van der Waals surface area contributed by atoms with Crippen molar-refractivity contribution in [2.24, 2.45) is 5.92 Å². The number of hydrogen-bond acceptors (Lipinski definition) is 3. The lowest BCUT2D eigenvalue weighted by Crippen LogP contribution is -2.01. The Labute approximate surface area is 83.1 Å². The molecule has 0 radical (unpaired) electrons. The van der Waals surface area contributed by atoms with E-state index in [1.165, 1.54) is 12.8 Å². The largest absolute Gasteiger partial charge is 0.495 e. The molecule has 1 aliphatic rings. The van der Waals surface area contributed by atoms with Gasteiger partial charge in [0.1, 0.15) is 5.75 Å². The lowest BCUT2D eigenvalue weighted by atomic mass is 10.1. The van der Waals surface area contributed by atoms with Crippen LogP contribution in [0.2, 0.25) is 0 Å². The fourth-order valence-corrected chi connectivity index (χ4v) is 1.38. The van der Waals surface area contributed by atoms with E-state index in [0.29, 0.717) is 23.7 Å². The van der Waals surface area contributed by atoms with Crippen LogP contribution in [0.3, 0.4) is 0 Å². The molecule has 1 aromatic rings. The van der Waals surface area contributed by atoms with Crippen molar-refractivity contribution in [2.75, 3.05) is 7.11 Å². The molecule has 1 heterocycles. The van der Waals surface area contributed by atoms with Crippen LogP contribution in [-0.2, 0) is 0 Å². The summed E-state index contributed by atoms with van der Waals surface area (Å²) < 4.78 is 5.01. The summed E-state index contributed by atoms with van der Waals surface area (Å²) in [5.41, 5.74) is 0.663. The summed E-state index contributed by atoms with van der Waals surface area (Å²) in [6, 6.07) is 1.75. The Balaban J connectivity index is 2.09. The van der Waals surface area contributed by atoms with Crippen LogP contribution in [0.5, 0.6) is 5.75 Å². The van der Waals surface area contributed by atoms with Crippen LogP contribution in [0.25, 0.3) is 0 Å². The summed E-state index contributed by atoms with van der Waals surface area (Å²) in [7, 11) is 1.58. The van der Waals surface area contributed by atoms with Crippen LogP contribution in [0, 0.1) is 5.92 Å². The van der Waals surface area contributed by atoms with Gasteiger partial charge in [-0.2, -0.15) is 0 Å². The second kappa shape index (κ2) is 3.78. The fourth-order valence-electron chi connectivity index (χ4n) is 1.38. The monoisotopic (exact) mass is 191 g/mol. The van der Waals surface area contributed by atoms with Gasteiger partial charge in [0.2, 0.25) is 0 Å². The van der Waals surface area contributed by atoms with Gasteiger partial charge in [-0.05, 0) is 24.8 Å². The zero-order valence-electron chi connectivity index (χ0n) is 8.19. The minimum atomic E-state index is 0.180. The summed E-state index contributed by atoms with van der Waals surface area (Å²) in [5, 5.41) is 0. The second-order valence-electron chi connectivity index (χ2n) is 3.68. The summed E-state index contributed by atoms with van der Waals surface area (Å²) in [4.78, 5) is 15.6. The van der Waals surface area contributed by atoms with Crippen molar-refractivity contribution in [3.05, 3.63) is 24.0 Å². The molecular weight excluding hydrogens is 178 g/mol. The van der Waals surface area contributed by atoms with Gasteiger partial charge < -0.3 is 4.74 Å². The Kier molecular flexibility index (Phi) is 2.48. The number of pyridine rings is 1. The molecule has 1 fully saturated rings. The molecule has 0 spiro atoms. The first kappa shape index (κ1) is 9.19. The molecule has 0 saturated heterocycles. The molecule has 1 saturated carbocycles. The van der Waals surface area contributed by atoms with Gasteiger partial charge in [0.25, 0.3) is 0 Å². The van der Waals surface area contributed by atoms with Gasteiger partial charge in [0.05, 0.1) is 13.3 Å². The molecule has 0 unspecified atom stereocenters. The highest BCUT2D eigenvalue weighted by atomic mass is 16.5. The van der Waals surface area contributed by atoms with E-state index in [1.807, 2.05) is 0 Å². The fraction of sp³-hybridized carbons (Fsp3) is 0.455. The Morgan fingerprint density at radius 2 is 2.36 bits per heavy atom. The first-order chi connectivity index (χ1) is 6.79. The third-order valence-corrected chi connectivity index (χ3v) is 2.44. The highest BCUT2D eigenvalue weighted by Gasteiger charge is 2.25. The molecule has 2 rings (SSSR count). The van der Waals surface area contributed by atoms with Crippen LogP contribution in [0.1, 0.15) is 29.6 Å². The molecule has 3 nitrogen and oxygen atoms in total. The van der Waals surface area contributed by atoms with Crippen LogP contribution >= 0.6 is 0 Å². The summed E-state index contributed by atoms with van der Waals surface area (Å²) in [5.74, 6) is 1.44. The van der Waals surface area contributed by atoms with E-state index >= 15 is 0 Å². The lowest BCUT2D eigenvalue weighted by molar-refractivity contribution is 0.0975. The minimum absolute atomic E-state index is 0.180. The molecule has 0 aliphatic heterocycles. The van der Waals surface area contributed by atoms with E-state index in [1.54, 1.807) is 25.6 Å². The third-order valence-electron chi connectivity index (χ3n) is 2.44. The molecule has 74 valence electrons. The van der Waals surface area contributed by atoms with Crippen LogP contribution in [0.4, 0.5) is 0 Å². The SMILES string of the molecule is COc1cncc(C(=O)CC2CC2)c1. The van der Waals surface area contributed by atoms with Crippen molar-refractivity contribution in [1.29, 1.82) is 0 Å². The van der Waals surface area contributed by atoms with E-state index in [4.69, 9.17) is 4.74 Å². The molecule has 1 aliphatic carbocycles. The van der Waals surface area contributed by atoms with Crippen molar-refractivity contribution in [1.82, 2.24) is 4.98 Å². The Morgan fingerprint density at radius 1 is 1.57 bits per heavy atom. The van der Waals surface area contributed by atoms with E-state index in [2.05, 4.69) is 4.98 Å². The maximum absolute atomic E-state index is 11.7. The quantitative estimate of drug-likeness (QED) is 0.684. The third kappa shape index (κ3) is 2.10. The second-order valence-corrected chi connectivity index (χ2v) is 3.68. The normalized spacial score (nSPS) is 15.2. The number of carbonyl (C=O) groups is 1. The molecule has 0 N–H and O–H groups in total. The van der Waals surface area contributed by atoms with E-state index in [-0.39, 0.29) is 5.78 Å². The number of nitrogens with zero attached hydrogens (tertiary/aromatic N) is 1. The van der Waals surface area contributed by atoms with Gasteiger partial charge in [0, 0.05) is 18.2 Å². The summed E-state index contributed by atoms with van der Waals surface area (Å²) in [6.45, 7) is 0. The zero-order chi connectivity index (χ0) is 9.97. The van der Waals surface area contributed by atoms with Gasteiger partial charge in [-0.25, -0.2) is 0 Å². The number of methoxy groups -OCH3 is 1. The highest BCUT2D eigenvalue weighted by Crippen LogP contribution is 2.33. The average Bonchev–Trinajstić information content (AvgIpc) is 3.02. The lowest BCUT2D eigenvalue weighted by Gasteiger charge is -2.02. The smallest absolute Gasteiger partial charge is 0.164 e. The molecule has 0 aromatic carbocycles. The number of carbonyl (C=O) groups excluding carboxylic acids is 1. The van der Waals surface area contributed by atoms with Crippen molar-refractivity contribution in [2.45, 2.75) is 19.3 Å². The van der Waals surface area contributed by atoms with Crippen molar-refractivity contribution < 1.29 is 9.53 Å². The number of ketones is 1. The zero-order valence-corrected chi connectivity index (χ0v) is 8.19. The first-order valence-corrected chi connectivity index (χ1v) is 4.82. The predicted octanol–water partition coefficient (Wildman–Crippen LogP) is 2.07. The Hall–Kier alpha value is -1.38. The maximum atomic E-state index is 11.7. The molecular formula is C11H13NO2. The predicted molar refractivity (Wildman–Crippen MR) is 52.5 cm³/mol. The Morgan fingerprint density at radius 3 is 3.00 bits per heavy atom. The molecule has 1 aromatic heterocycles. The van der Waals surface area contributed by atoms with Gasteiger partial charge in [0.15, 0.2) is 5.78 Å². The van der Waals surface area contributed by atoms with E-state index in [0.717, 1.165) is 0 Å². The van der Waals surface area contributed by atoms with Crippen molar-refractivity contribution >= 4 is 5.78 Å². The van der Waals surface area contributed by atoms with Crippen molar-refractivity contribution in [3.8, 4) is 5.75 Å². The van der Waals surface area contributed by atoms with E-state index < -0.39 is 0 Å². The van der Waals surface area contributed by atoms with Gasteiger partial charge >= 0.3 is 0 Å². The van der Waals surface area contributed by atoms with Crippen molar-refractivity contribution in [3.63, 3.8) is 0 Å². The number of Topliss-reactive ketones (excluding diaryl/α,β-unsaturated/α-hetero) is 1. The van der Waals surface area contributed by atoms with E-state index in [9.17, 15) is 4.79 Å². The number of aromatic nitrogens is 1. The molecule has 3 heteroatoms. The molecule has 14 heavy (non-hydrogen) atoms. The maximum Gasteiger partial charge on any atom is 0.164 e. The topological polar surface area (TPSA) is 39.2 Å². The van der Waals surface area contributed by atoms with Crippen LogP contribution in [0.15, 0.2) is 18.5 Å². The van der Waals surface area contributed by atoms with Crippen LogP contribution < -0.4 is 4.74 Å². The molecule has 0 amide bonds. The summed E-state index contributed by atoms with van der Waals surface area (Å²) in [6.07, 6.45) is 6.27. The number of hydrogen-bond donors (Lipinski definition) is 0. The van der Waals surface area contributed by atoms with Gasteiger partial charge in [-0.15, -0.1) is 0 Å². The molecule has 0 bridgehead atoms. The highest BCUT2D eigenvalue weighted by molar-refractivity contribution is 5.96.